The van der Waals surface area contributed by atoms with Gasteiger partial charge in [0.15, 0.2) is 0 Å². The topological polar surface area (TPSA) is 66.9 Å². The molecule has 34 heavy (non-hydrogen) atoms. The van der Waals surface area contributed by atoms with Crippen LogP contribution >= 0.6 is 11.6 Å². The van der Waals surface area contributed by atoms with Crippen LogP contribution in [0, 0.1) is 0 Å². The number of hydrogen-bond donors (Lipinski definition) is 0. The number of sulfonamides is 1. The van der Waals surface area contributed by atoms with Crippen LogP contribution in [-0.2, 0) is 34.3 Å². The molecular formula is C26H27ClN2O4S. The number of halogens is 1. The molecular weight excluding hydrogens is 472 g/mol. The molecule has 178 valence electrons. The summed E-state index contributed by atoms with van der Waals surface area (Å²) in [6, 6.07) is 21.9. The zero-order valence-electron chi connectivity index (χ0n) is 19.0. The van der Waals surface area contributed by atoms with Gasteiger partial charge in [0.2, 0.25) is 15.9 Å². The summed E-state index contributed by atoms with van der Waals surface area (Å²) >= 11 is 5.92. The number of fused-ring (bicyclic) bond motifs is 1. The Balaban J connectivity index is 1.51. The maximum atomic E-state index is 13.2. The van der Waals surface area contributed by atoms with Crippen LogP contribution in [0.2, 0.25) is 5.02 Å². The third-order valence-electron chi connectivity index (χ3n) is 5.85. The van der Waals surface area contributed by atoms with Gasteiger partial charge in [0, 0.05) is 43.7 Å². The highest BCUT2D eigenvalue weighted by Gasteiger charge is 2.28. The molecule has 0 spiro atoms. The first-order chi connectivity index (χ1) is 16.3. The van der Waals surface area contributed by atoms with Gasteiger partial charge in [0.1, 0.15) is 12.4 Å². The molecule has 3 aromatic rings. The van der Waals surface area contributed by atoms with Crippen molar-refractivity contribution in [3.05, 3.63) is 94.5 Å². The first-order valence-corrected chi connectivity index (χ1v) is 12.9. The molecule has 4 rings (SSSR count). The molecule has 1 aliphatic rings. The van der Waals surface area contributed by atoms with Crippen LogP contribution in [0.4, 0.5) is 0 Å². The van der Waals surface area contributed by atoms with E-state index in [1.165, 1.54) is 22.0 Å². The summed E-state index contributed by atoms with van der Waals surface area (Å²) in [6.45, 7) is 3.31. The summed E-state index contributed by atoms with van der Waals surface area (Å²) in [6.07, 6.45) is 0.765. The zero-order valence-corrected chi connectivity index (χ0v) is 20.6. The Morgan fingerprint density at radius 2 is 1.76 bits per heavy atom. The molecule has 0 fully saturated rings. The summed E-state index contributed by atoms with van der Waals surface area (Å²) in [5, 5.41) is 0.482. The van der Waals surface area contributed by atoms with Crippen LogP contribution < -0.4 is 4.74 Å². The molecule has 6 nitrogen and oxygen atoms in total. The van der Waals surface area contributed by atoms with Gasteiger partial charge in [-0.15, -0.1) is 0 Å². The number of carbonyl (C=O) groups is 1. The van der Waals surface area contributed by atoms with E-state index in [2.05, 4.69) is 0 Å². The minimum atomic E-state index is -3.70. The lowest BCUT2D eigenvalue weighted by Gasteiger charge is -2.22. The second-order valence-electron chi connectivity index (χ2n) is 8.26. The average Bonchev–Trinajstić information content (AvgIpc) is 3.05. The molecule has 0 aromatic heterocycles. The summed E-state index contributed by atoms with van der Waals surface area (Å²) in [5.41, 5.74) is 2.88. The number of nitrogens with zero attached hydrogens (tertiary/aromatic N) is 2. The van der Waals surface area contributed by atoms with Gasteiger partial charge >= 0.3 is 0 Å². The third kappa shape index (κ3) is 5.78. The van der Waals surface area contributed by atoms with Gasteiger partial charge in [-0.3, -0.25) is 4.79 Å². The van der Waals surface area contributed by atoms with Crippen molar-refractivity contribution in [2.75, 3.05) is 19.7 Å². The SMILES string of the molecule is CC(=O)N(CCc1ccccc1)Cc1ccc2c(c1)CN(S(=O)(=O)c1ccc(Cl)cc1)CCO2. The molecule has 1 amide bonds. The minimum absolute atomic E-state index is 0.00549. The predicted octanol–water partition coefficient (Wildman–Crippen LogP) is 4.51. The lowest BCUT2D eigenvalue weighted by Crippen LogP contribution is -2.32. The van der Waals surface area contributed by atoms with Crippen LogP contribution in [0.3, 0.4) is 0 Å². The van der Waals surface area contributed by atoms with Gasteiger partial charge in [-0.25, -0.2) is 8.42 Å². The van der Waals surface area contributed by atoms with Gasteiger partial charge in [0.25, 0.3) is 0 Å². The lowest BCUT2D eigenvalue weighted by atomic mass is 10.1. The highest BCUT2D eigenvalue weighted by Crippen LogP contribution is 2.28. The quantitative estimate of drug-likeness (QED) is 0.480. The Kier molecular flexibility index (Phi) is 7.56. The zero-order chi connectivity index (χ0) is 24.1. The smallest absolute Gasteiger partial charge is 0.243 e. The first kappa shape index (κ1) is 24.3. The Hall–Kier alpha value is -2.87. The standard InChI is InChI=1S/C26H27ClN2O4S/c1-20(30)28(14-13-21-5-3-2-4-6-21)18-22-7-12-26-23(17-22)19-29(15-16-33-26)34(31,32)25-10-8-24(27)9-11-25/h2-12,17H,13-16,18-19H2,1H3. The summed E-state index contributed by atoms with van der Waals surface area (Å²) in [5.74, 6) is 0.658. The fourth-order valence-electron chi connectivity index (χ4n) is 3.96. The molecule has 8 heteroatoms. The fourth-order valence-corrected chi connectivity index (χ4v) is 5.49. The van der Waals surface area contributed by atoms with Crippen LogP contribution in [0.1, 0.15) is 23.6 Å². The van der Waals surface area contributed by atoms with Crippen molar-refractivity contribution in [2.24, 2.45) is 0 Å². The largest absolute Gasteiger partial charge is 0.492 e. The van der Waals surface area contributed by atoms with Crippen molar-refractivity contribution in [3.63, 3.8) is 0 Å². The maximum Gasteiger partial charge on any atom is 0.243 e. The number of carbonyl (C=O) groups excluding carboxylic acids is 1. The van der Waals surface area contributed by atoms with E-state index in [1.807, 2.05) is 48.5 Å². The molecule has 0 saturated heterocycles. The van der Waals surface area contributed by atoms with Gasteiger partial charge in [-0.2, -0.15) is 4.31 Å². The molecule has 0 atom stereocenters. The van der Waals surface area contributed by atoms with Crippen molar-refractivity contribution in [3.8, 4) is 5.75 Å². The number of benzene rings is 3. The highest BCUT2D eigenvalue weighted by molar-refractivity contribution is 7.89. The average molecular weight is 499 g/mol. The third-order valence-corrected chi connectivity index (χ3v) is 7.96. The van der Waals surface area contributed by atoms with Crippen molar-refractivity contribution in [1.29, 1.82) is 0 Å². The van der Waals surface area contributed by atoms with Crippen LogP contribution in [0.25, 0.3) is 0 Å². The molecule has 0 radical (unpaired) electrons. The van der Waals surface area contributed by atoms with E-state index in [9.17, 15) is 13.2 Å². The van der Waals surface area contributed by atoms with Crippen LogP contribution in [0.15, 0.2) is 77.7 Å². The summed E-state index contributed by atoms with van der Waals surface area (Å²) in [4.78, 5) is 14.3. The Morgan fingerprint density at radius 3 is 2.47 bits per heavy atom. The monoisotopic (exact) mass is 498 g/mol. The van der Waals surface area contributed by atoms with E-state index in [1.54, 1.807) is 24.0 Å². The fraction of sp³-hybridized carbons (Fsp3) is 0.269. The van der Waals surface area contributed by atoms with Crippen molar-refractivity contribution in [2.45, 2.75) is 31.3 Å². The molecule has 0 N–H and O–H groups in total. The normalized spacial score (nSPS) is 14.1. The van der Waals surface area contributed by atoms with E-state index in [0.29, 0.717) is 23.9 Å². The van der Waals surface area contributed by atoms with Crippen molar-refractivity contribution < 1.29 is 17.9 Å². The van der Waals surface area contributed by atoms with Gasteiger partial charge < -0.3 is 9.64 Å². The molecule has 1 heterocycles. The minimum Gasteiger partial charge on any atom is -0.492 e. The number of rotatable bonds is 7. The van der Waals surface area contributed by atoms with E-state index in [4.69, 9.17) is 16.3 Å². The summed E-state index contributed by atoms with van der Waals surface area (Å²) < 4.78 is 33.7. The number of hydrogen-bond acceptors (Lipinski definition) is 4. The first-order valence-electron chi connectivity index (χ1n) is 11.1. The molecule has 0 bridgehead atoms. The van der Waals surface area contributed by atoms with Gasteiger partial charge in [-0.05, 0) is 53.9 Å². The summed E-state index contributed by atoms with van der Waals surface area (Å²) in [7, 11) is -3.70. The van der Waals surface area contributed by atoms with Crippen molar-refractivity contribution >= 4 is 27.5 Å². The molecule has 3 aromatic carbocycles. The van der Waals surface area contributed by atoms with Crippen LogP contribution in [-0.4, -0.2) is 43.2 Å². The predicted molar refractivity (Wildman–Crippen MR) is 132 cm³/mol. The van der Waals surface area contributed by atoms with Crippen LogP contribution in [0.5, 0.6) is 5.75 Å². The molecule has 1 aliphatic heterocycles. The van der Waals surface area contributed by atoms with Gasteiger partial charge in [0.05, 0.1) is 4.90 Å². The maximum absolute atomic E-state index is 13.2. The Morgan fingerprint density at radius 1 is 1.03 bits per heavy atom. The Labute approximate surface area is 205 Å². The molecule has 0 aliphatic carbocycles. The number of ether oxygens (including phenoxy) is 1. The molecule has 0 saturated carbocycles. The highest BCUT2D eigenvalue weighted by atomic mass is 35.5. The Bertz CT molecular complexity index is 1250. The number of amides is 1. The van der Waals surface area contributed by atoms with E-state index in [0.717, 1.165) is 17.5 Å². The van der Waals surface area contributed by atoms with E-state index in [-0.39, 0.29) is 30.5 Å². The van der Waals surface area contributed by atoms with Crippen molar-refractivity contribution in [1.82, 2.24) is 9.21 Å². The van der Waals surface area contributed by atoms with E-state index < -0.39 is 10.0 Å². The lowest BCUT2D eigenvalue weighted by molar-refractivity contribution is -0.129. The second-order valence-corrected chi connectivity index (χ2v) is 10.6. The van der Waals surface area contributed by atoms with Gasteiger partial charge in [-0.1, -0.05) is 48.0 Å². The van der Waals surface area contributed by atoms with E-state index >= 15 is 0 Å². The molecule has 0 unspecified atom stereocenters. The second kappa shape index (κ2) is 10.6.